The third-order valence-corrected chi connectivity index (χ3v) is 7.17. The normalized spacial score (nSPS) is 24.4. The van der Waals surface area contributed by atoms with E-state index in [4.69, 9.17) is 26.6 Å². The topological polar surface area (TPSA) is 107 Å². The molecule has 1 amide bonds. The summed E-state index contributed by atoms with van der Waals surface area (Å²) in [5.41, 5.74) is 3.55. The third kappa shape index (κ3) is 6.25. The second-order valence-electron chi connectivity index (χ2n) is 9.17. The lowest BCUT2D eigenvalue weighted by molar-refractivity contribution is -0.134. The quantitative estimate of drug-likeness (QED) is 0.590. The molecule has 0 saturated carbocycles. The maximum Gasteiger partial charge on any atom is 0.410 e. The number of piperidine rings is 3. The summed E-state index contributed by atoms with van der Waals surface area (Å²) < 4.78 is 6.07. The molecule has 2 aromatic carbocycles. The summed E-state index contributed by atoms with van der Waals surface area (Å²) in [6.45, 7) is 3.84. The number of carbonyl (C=O) groups excluding carboxylic acids is 1. The minimum Gasteiger partial charge on any atom is -0.478 e. The van der Waals surface area contributed by atoms with Gasteiger partial charge in [-0.05, 0) is 67.1 Å². The minimum absolute atomic E-state index is 0.0260. The molecule has 4 aliphatic heterocycles. The van der Waals surface area contributed by atoms with Gasteiger partial charge in [0.05, 0.1) is 6.04 Å². The Labute approximate surface area is 214 Å². The van der Waals surface area contributed by atoms with Gasteiger partial charge in [-0.1, -0.05) is 48.0 Å². The molecule has 190 valence electrons. The largest absolute Gasteiger partial charge is 0.478 e. The summed E-state index contributed by atoms with van der Waals surface area (Å²) in [6, 6.07) is 16.1. The second-order valence-corrected chi connectivity index (χ2v) is 9.60. The molecule has 0 spiro atoms. The number of hydrogen-bond acceptors (Lipinski definition) is 5. The van der Waals surface area contributed by atoms with Crippen molar-refractivity contribution < 1.29 is 29.3 Å². The standard InChI is InChI=1S/C23H25ClN2O2.C4H4O4/c24-19-7-5-18(6-8-19)22-20-4-2-1-3-16(20)11-14-26(22)23(27)28-21-15-25-12-9-17(21)10-13-25;5-3(6)1-2-4(7)8/h1-8,17,21-22H,9-15H2;1-2H,(H,5,6)(H,7,8)/b;2-1+. The Bertz CT molecular complexity index is 1110. The van der Waals surface area contributed by atoms with Crippen molar-refractivity contribution in [3.05, 3.63) is 82.4 Å². The number of ether oxygens (including phenoxy) is 1. The maximum absolute atomic E-state index is 13.3. The average molecular weight is 513 g/mol. The van der Waals surface area contributed by atoms with Gasteiger partial charge in [-0.2, -0.15) is 0 Å². The van der Waals surface area contributed by atoms with E-state index in [1.54, 1.807) is 0 Å². The summed E-state index contributed by atoms with van der Waals surface area (Å²) in [4.78, 5) is 36.7. The van der Waals surface area contributed by atoms with E-state index in [-0.39, 0.29) is 18.2 Å². The SMILES string of the molecule is O=C(O)/C=C/C(=O)O.O=C(OC1CN2CCC1CC2)N1CCc2ccccc2C1c1ccc(Cl)cc1. The number of fused-ring (bicyclic) bond motifs is 4. The Hall–Kier alpha value is -3.36. The van der Waals surface area contributed by atoms with Crippen molar-refractivity contribution in [1.29, 1.82) is 0 Å². The van der Waals surface area contributed by atoms with E-state index in [0.717, 1.165) is 44.5 Å². The third-order valence-electron chi connectivity index (χ3n) is 6.92. The zero-order valence-electron chi connectivity index (χ0n) is 19.8. The number of nitrogens with zero attached hydrogens (tertiary/aromatic N) is 2. The van der Waals surface area contributed by atoms with Crippen LogP contribution in [-0.4, -0.2) is 70.3 Å². The van der Waals surface area contributed by atoms with Gasteiger partial charge in [0.2, 0.25) is 0 Å². The van der Waals surface area contributed by atoms with Gasteiger partial charge in [-0.3, -0.25) is 9.80 Å². The van der Waals surface area contributed by atoms with Crippen molar-refractivity contribution in [3.63, 3.8) is 0 Å². The molecule has 9 heteroatoms. The van der Waals surface area contributed by atoms with Crippen molar-refractivity contribution in [2.24, 2.45) is 5.92 Å². The molecule has 6 rings (SSSR count). The molecule has 2 unspecified atom stereocenters. The van der Waals surface area contributed by atoms with Crippen LogP contribution in [0.3, 0.4) is 0 Å². The summed E-state index contributed by atoms with van der Waals surface area (Å²) in [5, 5.41) is 16.3. The van der Waals surface area contributed by atoms with Crippen LogP contribution < -0.4 is 0 Å². The Balaban J connectivity index is 0.000000331. The lowest BCUT2D eigenvalue weighted by Gasteiger charge is -2.45. The molecular weight excluding hydrogens is 484 g/mol. The van der Waals surface area contributed by atoms with Crippen molar-refractivity contribution in [3.8, 4) is 0 Å². The van der Waals surface area contributed by atoms with E-state index in [0.29, 0.717) is 29.6 Å². The number of benzene rings is 2. The molecule has 3 saturated heterocycles. The van der Waals surface area contributed by atoms with E-state index in [9.17, 15) is 14.4 Å². The van der Waals surface area contributed by atoms with E-state index in [1.165, 1.54) is 11.1 Å². The average Bonchev–Trinajstić information content (AvgIpc) is 2.88. The van der Waals surface area contributed by atoms with Crippen LogP contribution >= 0.6 is 11.6 Å². The summed E-state index contributed by atoms with van der Waals surface area (Å²) in [7, 11) is 0. The number of rotatable bonds is 4. The van der Waals surface area contributed by atoms with Gasteiger partial charge < -0.3 is 14.9 Å². The van der Waals surface area contributed by atoms with Crippen LogP contribution in [0.5, 0.6) is 0 Å². The van der Waals surface area contributed by atoms with E-state index < -0.39 is 11.9 Å². The fourth-order valence-electron chi connectivity index (χ4n) is 5.15. The number of amides is 1. The Kier molecular flexibility index (Phi) is 8.28. The zero-order valence-corrected chi connectivity index (χ0v) is 20.5. The van der Waals surface area contributed by atoms with Crippen LogP contribution in [0, 0.1) is 5.92 Å². The molecular formula is C27H29ClN2O6. The van der Waals surface area contributed by atoms with Gasteiger partial charge in [-0.25, -0.2) is 14.4 Å². The number of hydrogen-bond donors (Lipinski definition) is 2. The lowest BCUT2D eigenvalue weighted by Crippen LogP contribution is -2.53. The molecule has 4 aliphatic rings. The summed E-state index contributed by atoms with van der Waals surface area (Å²) in [5.74, 6) is -2.00. The molecule has 2 N–H and O–H groups in total. The first-order valence-electron chi connectivity index (χ1n) is 12.0. The van der Waals surface area contributed by atoms with Crippen molar-refractivity contribution in [2.75, 3.05) is 26.2 Å². The Morgan fingerprint density at radius 1 is 0.917 bits per heavy atom. The van der Waals surface area contributed by atoms with Gasteiger partial charge in [0.25, 0.3) is 0 Å². The molecule has 0 aliphatic carbocycles. The monoisotopic (exact) mass is 512 g/mol. The first kappa shape index (κ1) is 25.7. The van der Waals surface area contributed by atoms with Gasteiger partial charge in [-0.15, -0.1) is 0 Å². The second kappa shape index (κ2) is 11.6. The predicted octanol–water partition coefficient (Wildman–Crippen LogP) is 4.23. The van der Waals surface area contributed by atoms with Crippen molar-refractivity contribution in [2.45, 2.75) is 31.4 Å². The predicted molar refractivity (Wildman–Crippen MR) is 134 cm³/mol. The fourth-order valence-corrected chi connectivity index (χ4v) is 5.28. The molecule has 36 heavy (non-hydrogen) atoms. The van der Waals surface area contributed by atoms with E-state index in [1.807, 2.05) is 35.2 Å². The minimum atomic E-state index is -1.26. The Morgan fingerprint density at radius 2 is 1.56 bits per heavy atom. The Morgan fingerprint density at radius 3 is 2.14 bits per heavy atom. The zero-order chi connectivity index (χ0) is 25.7. The molecule has 0 radical (unpaired) electrons. The van der Waals surface area contributed by atoms with E-state index in [2.05, 4.69) is 23.1 Å². The number of aliphatic carboxylic acids is 2. The highest BCUT2D eigenvalue weighted by molar-refractivity contribution is 6.30. The fraction of sp³-hybridized carbons (Fsp3) is 0.370. The molecule has 2 bridgehead atoms. The van der Waals surface area contributed by atoms with Gasteiger partial charge in [0.15, 0.2) is 0 Å². The maximum atomic E-state index is 13.3. The van der Waals surface area contributed by atoms with Crippen molar-refractivity contribution in [1.82, 2.24) is 9.80 Å². The van der Waals surface area contributed by atoms with Crippen LogP contribution in [0.4, 0.5) is 4.79 Å². The first-order valence-corrected chi connectivity index (χ1v) is 12.4. The number of carbonyl (C=O) groups is 3. The summed E-state index contributed by atoms with van der Waals surface area (Å²) in [6.07, 6.45) is 4.09. The van der Waals surface area contributed by atoms with Crippen molar-refractivity contribution >= 4 is 29.6 Å². The van der Waals surface area contributed by atoms with Gasteiger partial charge in [0, 0.05) is 30.3 Å². The van der Waals surface area contributed by atoms with Crippen LogP contribution in [0.2, 0.25) is 5.02 Å². The highest BCUT2D eigenvalue weighted by Crippen LogP contribution is 2.37. The lowest BCUT2D eigenvalue weighted by atomic mass is 9.86. The van der Waals surface area contributed by atoms with E-state index >= 15 is 0 Å². The molecule has 2 aromatic rings. The number of halogens is 1. The molecule has 8 nitrogen and oxygen atoms in total. The first-order chi connectivity index (χ1) is 17.3. The van der Waals surface area contributed by atoms with Crippen LogP contribution in [0.1, 0.15) is 35.6 Å². The smallest absolute Gasteiger partial charge is 0.410 e. The number of carboxylic acids is 2. The number of carboxylic acid groups (broad SMARTS) is 2. The van der Waals surface area contributed by atoms with Crippen LogP contribution in [0.25, 0.3) is 0 Å². The molecule has 2 atom stereocenters. The summed E-state index contributed by atoms with van der Waals surface area (Å²) >= 11 is 6.10. The van der Waals surface area contributed by atoms with Gasteiger partial charge in [0.1, 0.15) is 6.10 Å². The van der Waals surface area contributed by atoms with Crippen LogP contribution in [-0.2, 0) is 20.7 Å². The van der Waals surface area contributed by atoms with Crippen LogP contribution in [0.15, 0.2) is 60.7 Å². The molecule has 0 aromatic heterocycles. The molecule has 4 heterocycles. The molecule has 3 fully saturated rings. The highest BCUT2D eigenvalue weighted by Gasteiger charge is 2.39. The highest BCUT2D eigenvalue weighted by atomic mass is 35.5. The van der Waals surface area contributed by atoms with Gasteiger partial charge >= 0.3 is 18.0 Å².